The number of anilines is 2. The third kappa shape index (κ3) is 4.11. The van der Waals surface area contributed by atoms with Crippen molar-refractivity contribution >= 4 is 40.7 Å². The van der Waals surface area contributed by atoms with Crippen LogP contribution in [0.3, 0.4) is 0 Å². The summed E-state index contributed by atoms with van der Waals surface area (Å²) in [6, 6.07) is 23.6. The number of hydrogen-bond donors (Lipinski definition) is 2. The van der Waals surface area contributed by atoms with Gasteiger partial charge in [0.2, 0.25) is 5.95 Å². The van der Waals surface area contributed by atoms with E-state index < -0.39 is 6.04 Å². The molecule has 0 aliphatic carbocycles. The number of benzene rings is 3. The zero-order valence-corrected chi connectivity index (χ0v) is 19.1. The molecule has 2 heterocycles. The summed E-state index contributed by atoms with van der Waals surface area (Å²) in [4.78, 5) is 18.2. The van der Waals surface area contributed by atoms with Gasteiger partial charge in [0.1, 0.15) is 6.04 Å². The molecule has 3 aromatic carbocycles. The molecule has 4 aromatic rings. The molecule has 5 rings (SSSR count). The van der Waals surface area contributed by atoms with Gasteiger partial charge < -0.3 is 10.6 Å². The van der Waals surface area contributed by atoms with Crippen LogP contribution in [0.25, 0.3) is 11.4 Å². The molecule has 33 heavy (non-hydrogen) atoms. The van der Waals surface area contributed by atoms with Crippen molar-refractivity contribution < 1.29 is 4.79 Å². The summed E-state index contributed by atoms with van der Waals surface area (Å²) in [5.74, 6) is 0.814. The van der Waals surface area contributed by atoms with Crippen molar-refractivity contribution in [3.05, 3.63) is 106 Å². The van der Waals surface area contributed by atoms with E-state index in [4.69, 9.17) is 28.3 Å². The fourth-order valence-electron chi connectivity index (χ4n) is 3.89. The van der Waals surface area contributed by atoms with E-state index in [1.807, 2.05) is 73.7 Å². The van der Waals surface area contributed by atoms with Crippen LogP contribution in [0, 0.1) is 0 Å². The first kappa shape index (κ1) is 21.2. The van der Waals surface area contributed by atoms with Crippen molar-refractivity contribution in [2.24, 2.45) is 0 Å². The van der Waals surface area contributed by atoms with Gasteiger partial charge in [0, 0.05) is 32.6 Å². The largest absolute Gasteiger partial charge is 0.328 e. The van der Waals surface area contributed by atoms with Gasteiger partial charge in [-0.15, -0.1) is 5.10 Å². The lowest BCUT2D eigenvalue weighted by Gasteiger charge is -2.29. The zero-order valence-electron chi connectivity index (χ0n) is 17.6. The van der Waals surface area contributed by atoms with Crippen LogP contribution in [0.5, 0.6) is 0 Å². The Kier molecular flexibility index (Phi) is 5.62. The van der Waals surface area contributed by atoms with Gasteiger partial charge in [0.25, 0.3) is 5.91 Å². The summed E-state index contributed by atoms with van der Waals surface area (Å²) in [6.07, 6.45) is 0. The molecule has 0 radical (unpaired) electrons. The van der Waals surface area contributed by atoms with E-state index in [1.54, 1.807) is 16.8 Å². The van der Waals surface area contributed by atoms with Crippen LogP contribution in [0.15, 0.2) is 90.1 Å². The first-order valence-corrected chi connectivity index (χ1v) is 11.1. The van der Waals surface area contributed by atoms with Gasteiger partial charge in [-0.2, -0.15) is 4.98 Å². The summed E-state index contributed by atoms with van der Waals surface area (Å²) < 4.78 is 1.70. The van der Waals surface area contributed by atoms with E-state index >= 15 is 0 Å². The molecule has 0 fully saturated rings. The third-order valence-electron chi connectivity index (χ3n) is 5.42. The maximum absolute atomic E-state index is 13.5. The van der Waals surface area contributed by atoms with Crippen molar-refractivity contribution in [1.29, 1.82) is 0 Å². The average Bonchev–Trinajstić information content (AvgIpc) is 3.23. The number of allylic oxidation sites excluding steroid dienone is 1. The lowest BCUT2D eigenvalue weighted by molar-refractivity contribution is -0.113. The lowest BCUT2D eigenvalue weighted by atomic mass is 9.95. The number of para-hydroxylation sites is 1. The van der Waals surface area contributed by atoms with Crippen LogP contribution in [0.4, 0.5) is 11.6 Å². The van der Waals surface area contributed by atoms with Crippen LogP contribution in [0.2, 0.25) is 10.0 Å². The summed E-state index contributed by atoms with van der Waals surface area (Å²) in [5.41, 5.74) is 3.41. The van der Waals surface area contributed by atoms with Crippen molar-refractivity contribution in [2.75, 3.05) is 10.6 Å². The molecule has 0 saturated heterocycles. The Bertz CT molecular complexity index is 1370. The quantitative estimate of drug-likeness (QED) is 0.369. The topological polar surface area (TPSA) is 71.8 Å². The summed E-state index contributed by atoms with van der Waals surface area (Å²) in [6.45, 7) is 1.84. The fourth-order valence-corrected chi connectivity index (χ4v) is 4.40. The second-order valence-electron chi connectivity index (χ2n) is 7.62. The Hall–Kier alpha value is -3.61. The van der Waals surface area contributed by atoms with Gasteiger partial charge in [-0.1, -0.05) is 77.8 Å². The molecule has 0 spiro atoms. The highest BCUT2D eigenvalue weighted by atomic mass is 35.5. The number of halogens is 2. The first-order valence-electron chi connectivity index (χ1n) is 10.3. The highest BCUT2D eigenvalue weighted by molar-refractivity contribution is 6.35. The Morgan fingerprint density at radius 3 is 2.39 bits per heavy atom. The van der Waals surface area contributed by atoms with Gasteiger partial charge >= 0.3 is 0 Å². The Labute approximate surface area is 200 Å². The van der Waals surface area contributed by atoms with Crippen molar-refractivity contribution in [2.45, 2.75) is 13.0 Å². The number of nitrogens with zero attached hydrogens (tertiary/aromatic N) is 3. The van der Waals surface area contributed by atoms with Crippen molar-refractivity contribution in [3.63, 3.8) is 0 Å². The van der Waals surface area contributed by atoms with E-state index in [0.717, 1.165) is 5.56 Å². The van der Waals surface area contributed by atoms with E-state index in [2.05, 4.69) is 15.6 Å². The van der Waals surface area contributed by atoms with E-state index in [1.165, 1.54) is 0 Å². The molecule has 2 N–H and O–H groups in total. The van der Waals surface area contributed by atoms with Crippen LogP contribution < -0.4 is 10.6 Å². The molecule has 1 atom stereocenters. The van der Waals surface area contributed by atoms with Gasteiger partial charge in [-0.05, 0) is 31.2 Å². The maximum atomic E-state index is 13.5. The summed E-state index contributed by atoms with van der Waals surface area (Å²) >= 11 is 12.8. The fraction of sp³-hybridized carbons (Fsp3) is 0.0800. The molecule has 1 aromatic heterocycles. The third-order valence-corrected chi connectivity index (χ3v) is 5.98. The maximum Gasteiger partial charge on any atom is 0.255 e. The number of hydrogen-bond acceptors (Lipinski definition) is 4. The van der Waals surface area contributed by atoms with E-state index in [-0.39, 0.29) is 5.91 Å². The second-order valence-corrected chi connectivity index (χ2v) is 8.47. The van der Waals surface area contributed by atoms with Crippen LogP contribution >= 0.6 is 23.2 Å². The van der Waals surface area contributed by atoms with Crippen LogP contribution in [-0.4, -0.2) is 20.7 Å². The van der Waals surface area contributed by atoms with Crippen molar-refractivity contribution in [1.82, 2.24) is 14.8 Å². The molecule has 1 aliphatic heterocycles. The number of carbonyl (C=O) groups is 1. The molecule has 8 heteroatoms. The van der Waals surface area contributed by atoms with Crippen molar-refractivity contribution in [3.8, 4) is 11.4 Å². The number of carbonyl (C=O) groups excluding carboxylic acids is 1. The molecule has 0 saturated carbocycles. The van der Waals surface area contributed by atoms with Gasteiger partial charge in [0.05, 0.1) is 5.57 Å². The molecular weight excluding hydrogens is 457 g/mol. The first-order chi connectivity index (χ1) is 16.0. The predicted molar refractivity (Wildman–Crippen MR) is 131 cm³/mol. The summed E-state index contributed by atoms with van der Waals surface area (Å²) in [5, 5.41) is 11.9. The van der Waals surface area contributed by atoms with E-state index in [0.29, 0.717) is 44.3 Å². The Morgan fingerprint density at radius 1 is 1.00 bits per heavy atom. The Balaban J connectivity index is 1.64. The number of aromatic nitrogens is 3. The average molecular weight is 476 g/mol. The van der Waals surface area contributed by atoms with Crippen LogP contribution in [-0.2, 0) is 4.79 Å². The molecule has 0 unspecified atom stereocenters. The number of fused-ring (bicyclic) bond motifs is 1. The standard InChI is InChI=1S/C25H19Cl2N5O/c1-15-21(24(33)29-18-10-6-3-7-11-18)22(19-13-12-17(26)14-20(19)27)32-25(28-15)30-23(31-32)16-8-4-2-5-9-16/h2-14,22H,1H3,(H,29,33)(H,28,30,31)/t22-/m0/s1. The Morgan fingerprint density at radius 2 is 1.70 bits per heavy atom. The van der Waals surface area contributed by atoms with Gasteiger partial charge in [-0.25, -0.2) is 4.68 Å². The predicted octanol–water partition coefficient (Wildman–Crippen LogP) is 6.18. The molecule has 6 nitrogen and oxygen atoms in total. The molecule has 1 aliphatic rings. The SMILES string of the molecule is CC1=C(C(=O)Nc2ccccc2)[C@H](c2ccc(Cl)cc2Cl)n2nc(-c3ccccc3)nc2N1. The number of nitrogens with one attached hydrogen (secondary N) is 2. The van der Waals surface area contributed by atoms with E-state index in [9.17, 15) is 4.79 Å². The minimum Gasteiger partial charge on any atom is -0.328 e. The number of rotatable bonds is 4. The van der Waals surface area contributed by atoms with Gasteiger partial charge in [-0.3, -0.25) is 4.79 Å². The molecule has 0 bridgehead atoms. The highest BCUT2D eigenvalue weighted by Crippen LogP contribution is 2.40. The smallest absolute Gasteiger partial charge is 0.255 e. The summed E-state index contributed by atoms with van der Waals surface area (Å²) in [7, 11) is 0. The molecule has 164 valence electrons. The lowest BCUT2D eigenvalue weighted by Crippen LogP contribution is -2.31. The molecular formula is C25H19Cl2N5O. The highest BCUT2D eigenvalue weighted by Gasteiger charge is 2.35. The second kappa shape index (κ2) is 8.73. The minimum atomic E-state index is -0.598. The molecule has 1 amide bonds. The minimum absolute atomic E-state index is 0.260. The normalized spacial score (nSPS) is 15.1. The monoisotopic (exact) mass is 475 g/mol. The number of amides is 1. The van der Waals surface area contributed by atoms with Crippen LogP contribution in [0.1, 0.15) is 18.5 Å². The van der Waals surface area contributed by atoms with Gasteiger partial charge in [0.15, 0.2) is 5.82 Å². The zero-order chi connectivity index (χ0) is 22.9.